The van der Waals surface area contributed by atoms with Crippen molar-refractivity contribution in [3.63, 3.8) is 0 Å². The molecule has 0 aromatic heterocycles. The number of nitrogens with zero attached hydrogens (tertiary/aromatic N) is 2. The average Bonchev–Trinajstić information content (AvgIpc) is 2.38. The Hall–Kier alpha value is -1.19. The molecule has 3 nitrogen and oxygen atoms in total. The van der Waals surface area contributed by atoms with Gasteiger partial charge in [0, 0.05) is 18.2 Å². The van der Waals surface area contributed by atoms with E-state index in [1.165, 1.54) is 18.4 Å². The predicted octanol–water partition coefficient (Wildman–Crippen LogP) is 2.51. The van der Waals surface area contributed by atoms with Crippen molar-refractivity contribution >= 4 is 5.78 Å². The Morgan fingerprint density at radius 1 is 1.35 bits per heavy atom. The van der Waals surface area contributed by atoms with Gasteiger partial charge in [-0.1, -0.05) is 23.8 Å². The molecule has 1 atom stereocenters. The Labute approximate surface area is 122 Å². The number of hydrogen-bond donors (Lipinski definition) is 0. The molecule has 1 aromatic rings. The van der Waals surface area contributed by atoms with Crippen LogP contribution in [0, 0.1) is 13.8 Å². The van der Waals surface area contributed by atoms with E-state index in [0.717, 1.165) is 24.2 Å². The van der Waals surface area contributed by atoms with E-state index in [0.29, 0.717) is 12.6 Å². The van der Waals surface area contributed by atoms with E-state index in [1.54, 1.807) is 0 Å². The minimum atomic E-state index is 0.252. The first-order valence-corrected chi connectivity index (χ1v) is 7.46. The molecule has 110 valence electrons. The van der Waals surface area contributed by atoms with Gasteiger partial charge < -0.3 is 4.90 Å². The molecular formula is C17H26N2O. The molecule has 0 spiro atoms. The topological polar surface area (TPSA) is 23.6 Å². The normalized spacial score (nSPS) is 20.4. The van der Waals surface area contributed by atoms with E-state index < -0.39 is 0 Å². The molecule has 3 heteroatoms. The maximum absolute atomic E-state index is 12.5. The lowest BCUT2D eigenvalue weighted by Gasteiger charge is -2.35. The van der Waals surface area contributed by atoms with E-state index in [9.17, 15) is 4.79 Å². The van der Waals surface area contributed by atoms with Crippen molar-refractivity contribution < 1.29 is 4.79 Å². The van der Waals surface area contributed by atoms with Gasteiger partial charge in [0.05, 0.1) is 6.54 Å². The van der Waals surface area contributed by atoms with Crippen LogP contribution in [0.4, 0.5) is 0 Å². The van der Waals surface area contributed by atoms with E-state index >= 15 is 0 Å². The molecule has 0 aliphatic carbocycles. The van der Waals surface area contributed by atoms with E-state index in [4.69, 9.17) is 0 Å². The Kier molecular flexibility index (Phi) is 4.95. The zero-order valence-corrected chi connectivity index (χ0v) is 13.1. The van der Waals surface area contributed by atoms with Crippen LogP contribution in [0.5, 0.6) is 0 Å². The first kappa shape index (κ1) is 15.2. The summed E-state index contributed by atoms with van der Waals surface area (Å²) in [6.45, 7) is 6.69. The third kappa shape index (κ3) is 3.68. The Morgan fingerprint density at radius 2 is 2.10 bits per heavy atom. The Balaban J connectivity index is 2.00. The standard InChI is InChI=1S/C17H26N2O/c1-13-7-8-16(14(2)10-13)17(20)12-19-9-5-6-15(11-19)18(3)4/h7-8,10,15H,5-6,9,11-12H2,1-4H3. The Bertz CT molecular complexity index is 482. The molecule has 1 aliphatic rings. The fraction of sp³-hybridized carbons (Fsp3) is 0.588. The summed E-state index contributed by atoms with van der Waals surface area (Å²) in [6, 6.07) is 6.67. The molecule has 0 bridgehead atoms. The second-order valence-electron chi connectivity index (χ2n) is 6.24. The van der Waals surface area contributed by atoms with Gasteiger partial charge in [0.25, 0.3) is 0 Å². The van der Waals surface area contributed by atoms with Gasteiger partial charge in [-0.15, -0.1) is 0 Å². The van der Waals surface area contributed by atoms with E-state index in [2.05, 4.69) is 36.9 Å². The van der Waals surface area contributed by atoms with Gasteiger partial charge in [-0.05, 0) is 52.9 Å². The van der Waals surface area contributed by atoms with Crippen LogP contribution in [0.2, 0.25) is 0 Å². The molecule has 1 heterocycles. The van der Waals surface area contributed by atoms with Gasteiger partial charge in [0.2, 0.25) is 0 Å². The Morgan fingerprint density at radius 3 is 2.75 bits per heavy atom. The number of ketones is 1. The lowest BCUT2D eigenvalue weighted by molar-refractivity contribution is 0.0851. The van der Waals surface area contributed by atoms with Gasteiger partial charge in [-0.25, -0.2) is 0 Å². The number of benzene rings is 1. The van der Waals surface area contributed by atoms with E-state index in [1.807, 2.05) is 19.1 Å². The average molecular weight is 274 g/mol. The molecule has 1 aromatic carbocycles. The van der Waals surface area contributed by atoms with Crippen molar-refractivity contribution in [3.05, 3.63) is 34.9 Å². The zero-order valence-electron chi connectivity index (χ0n) is 13.1. The van der Waals surface area contributed by atoms with Crippen molar-refractivity contribution in [2.24, 2.45) is 0 Å². The molecule has 1 saturated heterocycles. The summed E-state index contributed by atoms with van der Waals surface area (Å²) in [5.41, 5.74) is 3.18. The van der Waals surface area contributed by atoms with Crippen LogP contribution in [0.15, 0.2) is 18.2 Å². The summed E-state index contributed by atoms with van der Waals surface area (Å²) in [7, 11) is 4.25. The lowest BCUT2D eigenvalue weighted by atomic mass is 10.00. The van der Waals surface area contributed by atoms with Crippen LogP contribution in [-0.2, 0) is 0 Å². The number of hydrogen-bond acceptors (Lipinski definition) is 3. The highest BCUT2D eigenvalue weighted by molar-refractivity contribution is 5.99. The monoisotopic (exact) mass is 274 g/mol. The quantitative estimate of drug-likeness (QED) is 0.788. The van der Waals surface area contributed by atoms with Crippen molar-refractivity contribution in [2.75, 3.05) is 33.7 Å². The van der Waals surface area contributed by atoms with Crippen molar-refractivity contribution in [1.29, 1.82) is 0 Å². The highest BCUT2D eigenvalue weighted by Crippen LogP contribution is 2.16. The first-order chi connectivity index (χ1) is 9.47. The zero-order chi connectivity index (χ0) is 14.7. The summed E-state index contributed by atoms with van der Waals surface area (Å²) in [5.74, 6) is 0.252. The number of likely N-dealkylation sites (N-methyl/N-ethyl adjacent to an activating group) is 1. The van der Waals surface area contributed by atoms with Crippen LogP contribution in [0.1, 0.15) is 34.3 Å². The third-order valence-electron chi connectivity index (χ3n) is 4.26. The van der Waals surface area contributed by atoms with Crippen molar-refractivity contribution in [1.82, 2.24) is 9.80 Å². The highest BCUT2D eigenvalue weighted by atomic mass is 16.1. The van der Waals surface area contributed by atoms with Gasteiger partial charge >= 0.3 is 0 Å². The summed E-state index contributed by atoms with van der Waals surface area (Å²) in [5, 5.41) is 0. The van der Waals surface area contributed by atoms with Gasteiger partial charge in [-0.2, -0.15) is 0 Å². The third-order valence-corrected chi connectivity index (χ3v) is 4.26. The molecule has 1 aliphatic heterocycles. The molecular weight excluding hydrogens is 248 g/mol. The van der Waals surface area contributed by atoms with Crippen LogP contribution in [-0.4, -0.2) is 55.4 Å². The number of aryl methyl sites for hydroxylation is 2. The number of likely N-dealkylation sites (tertiary alicyclic amines) is 1. The largest absolute Gasteiger partial charge is 0.305 e. The van der Waals surface area contributed by atoms with E-state index in [-0.39, 0.29) is 5.78 Å². The second-order valence-corrected chi connectivity index (χ2v) is 6.24. The number of rotatable bonds is 4. The second kappa shape index (κ2) is 6.51. The van der Waals surface area contributed by atoms with Gasteiger partial charge in [0.1, 0.15) is 0 Å². The maximum Gasteiger partial charge on any atom is 0.177 e. The van der Waals surface area contributed by atoms with Crippen LogP contribution < -0.4 is 0 Å². The maximum atomic E-state index is 12.5. The minimum Gasteiger partial charge on any atom is -0.305 e. The van der Waals surface area contributed by atoms with Crippen molar-refractivity contribution in [2.45, 2.75) is 32.7 Å². The first-order valence-electron chi connectivity index (χ1n) is 7.46. The van der Waals surface area contributed by atoms with Crippen LogP contribution >= 0.6 is 0 Å². The van der Waals surface area contributed by atoms with Gasteiger partial charge in [0.15, 0.2) is 5.78 Å². The van der Waals surface area contributed by atoms with Crippen LogP contribution in [0.25, 0.3) is 0 Å². The number of piperidine rings is 1. The minimum absolute atomic E-state index is 0.252. The fourth-order valence-corrected chi connectivity index (χ4v) is 3.01. The highest BCUT2D eigenvalue weighted by Gasteiger charge is 2.23. The summed E-state index contributed by atoms with van der Waals surface area (Å²) >= 11 is 0. The molecule has 20 heavy (non-hydrogen) atoms. The molecule has 1 unspecified atom stereocenters. The number of carbonyl (C=O) groups is 1. The lowest BCUT2D eigenvalue weighted by Crippen LogP contribution is -2.46. The number of Topliss-reactive ketones (excluding diaryl/α,β-unsaturated/α-hetero) is 1. The fourth-order valence-electron chi connectivity index (χ4n) is 3.01. The molecule has 2 rings (SSSR count). The number of carbonyl (C=O) groups excluding carboxylic acids is 1. The SMILES string of the molecule is Cc1ccc(C(=O)CN2CCCC(N(C)C)C2)c(C)c1. The summed E-state index contributed by atoms with van der Waals surface area (Å²) < 4.78 is 0. The molecule has 1 fully saturated rings. The van der Waals surface area contributed by atoms with Gasteiger partial charge in [-0.3, -0.25) is 9.69 Å². The molecule has 0 N–H and O–H groups in total. The smallest absolute Gasteiger partial charge is 0.177 e. The summed E-state index contributed by atoms with van der Waals surface area (Å²) in [6.07, 6.45) is 2.42. The predicted molar refractivity (Wildman–Crippen MR) is 83.4 cm³/mol. The summed E-state index contributed by atoms with van der Waals surface area (Å²) in [4.78, 5) is 17.0. The van der Waals surface area contributed by atoms with Crippen LogP contribution in [0.3, 0.4) is 0 Å². The van der Waals surface area contributed by atoms with Crippen molar-refractivity contribution in [3.8, 4) is 0 Å². The molecule has 0 saturated carbocycles. The molecule has 0 amide bonds. The molecule has 0 radical (unpaired) electrons.